The molecule has 1 unspecified atom stereocenters. The van der Waals surface area contributed by atoms with Gasteiger partial charge in [0.1, 0.15) is 11.6 Å². The smallest absolute Gasteiger partial charge is 0.223 e. The molecule has 0 bridgehead atoms. The molecule has 3 nitrogen and oxygen atoms in total. The Bertz CT molecular complexity index is 427. The number of benzene rings is 1. The van der Waals surface area contributed by atoms with E-state index in [4.69, 9.17) is 0 Å². The van der Waals surface area contributed by atoms with E-state index in [1.54, 1.807) is 11.8 Å². The molecule has 0 saturated heterocycles. The highest BCUT2D eigenvalue weighted by atomic mass is 19.1. The van der Waals surface area contributed by atoms with E-state index in [2.05, 4.69) is 5.32 Å². The number of hydrogen-bond acceptors (Lipinski definition) is 2. The summed E-state index contributed by atoms with van der Waals surface area (Å²) in [6.45, 7) is 7.27. The number of rotatable bonds is 7. The molecule has 1 aromatic rings. The minimum absolute atomic E-state index is 0.0165. The summed E-state index contributed by atoms with van der Waals surface area (Å²) in [4.78, 5) is 13.5. The van der Waals surface area contributed by atoms with Crippen molar-refractivity contribution in [2.75, 3.05) is 19.6 Å². The Morgan fingerprint density at radius 2 is 1.80 bits per heavy atom. The molecule has 0 spiro atoms. The number of carbonyl (C=O) groups is 1. The van der Waals surface area contributed by atoms with Crippen LogP contribution >= 0.6 is 0 Å². The average Bonchev–Trinajstić information content (AvgIpc) is 2.40. The van der Waals surface area contributed by atoms with Gasteiger partial charge in [0.05, 0.1) is 0 Å². The van der Waals surface area contributed by atoms with Crippen molar-refractivity contribution >= 4 is 5.91 Å². The molecule has 1 N–H and O–H groups in total. The van der Waals surface area contributed by atoms with Gasteiger partial charge in [-0.1, -0.05) is 6.07 Å². The van der Waals surface area contributed by atoms with Crippen molar-refractivity contribution < 1.29 is 13.6 Å². The lowest BCUT2D eigenvalue weighted by Gasteiger charge is -2.20. The van der Waals surface area contributed by atoms with E-state index in [1.807, 2.05) is 13.8 Å². The van der Waals surface area contributed by atoms with Gasteiger partial charge in [0, 0.05) is 37.7 Å². The van der Waals surface area contributed by atoms with Gasteiger partial charge in [0.2, 0.25) is 5.91 Å². The van der Waals surface area contributed by atoms with Crippen LogP contribution in [-0.4, -0.2) is 30.4 Å². The van der Waals surface area contributed by atoms with E-state index in [0.29, 0.717) is 26.1 Å². The Balaban J connectivity index is 2.52. The van der Waals surface area contributed by atoms with Gasteiger partial charge >= 0.3 is 0 Å². The summed E-state index contributed by atoms with van der Waals surface area (Å²) in [5.74, 6) is -1.09. The van der Waals surface area contributed by atoms with Crippen LogP contribution in [0, 0.1) is 11.6 Å². The zero-order valence-corrected chi connectivity index (χ0v) is 12.2. The third-order valence-corrected chi connectivity index (χ3v) is 3.34. The SMILES string of the molecule is CCN(CC)C(=O)CCNC(C)c1c(F)cccc1F. The highest BCUT2D eigenvalue weighted by Gasteiger charge is 2.16. The molecule has 1 amide bonds. The van der Waals surface area contributed by atoms with E-state index >= 15 is 0 Å². The van der Waals surface area contributed by atoms with Crippen molar-refractivity contribution in [3.05, 3.63) is 35.4 Å². The molecular weight excluding hydrogens is 262 g/mol. The molecule has 0 aliphatic heterocycles. The molecule has 1 atom stereocenters. The normalized spacial score (nSPS) is 12.2. The first-order valence-corrected chi connectivity index (χ1v) is 6.96. The van der Waals surface area contributed by atoms with Gasteiger partial charge in [0.25, 0.3) is 0 Å². The Morgan fingerprint density at radius 1 is 1.25 bits per heavy atom. The van der Waals surface area contributed by atoms with Crippen molar-refractivity contribution in [1.29, 1.82) is 0 Å². The van der Waals surface area contributed by atoms with Crippen LogP contribution in [0.2, 0.25) is 0 Å². The first kappa shape index (κ1) is 16.6. The summed E-state index contributed by atoms with van der Waals surface area (Å²) in [7, 11) is 0. The van der Waals surface area contributed by atoms with Crippen molar-refractivity contribution in [2.24, 2.45) is 0 Å². The second-order valence-corrected chi connectivity index (χ2v) is 4.63. The lowest BCUT2D eigenvalue weighted by atomic mass is 10.1. The largest absolute Gasteiger partial charge is 0.343 e. The first-order chi connectivity index (χ1) is 9.51. The fraction of sp³-hybridized carbons (Fsp3) is 0.533. The molecular formula is C15H22F2N2O. The molecule has 0 aliphatic carbocycles. The maximum Gasteiger partial charge on any atom is 0.223 e. The molecule has 5 heteroatoms. The van der Waals surface area contributed by atoms with Gasteiger partial charge in [0.15, 0.2) is 0 Å². The predicted octanol–water partition coefficient (Wildman–Crippen LogP) is 2.87. The highest BCUT2D eigenvalue weighted by molar-refractivity contribution is 5.76. The van der Waals surface area contributed by atoms with Crippen molar-refractivity contribution in [3.63, 3.8) is 0 Å². The van der Waals surface area contributed by atoms with Gasteiger partial charge in [-0.25, -0.2) is 8.78 Å². The van der Waals surface area contributed by atoms with Gasteiger partial charge < -0.3 is 10.2 Å². The van der Waals surface area contributed by atoms with Gasteiger partial charge in [-0.2, -0.15) is 0 Å². The lowest BCUT2D eigenvalue weighted by molar-refractivity contribution is -0.130. The molecule has 0 radical (unpaired) electrons. The van der Waals surface area contributed by atoms with Gasteiger partial charge in [-0.05, 0) is 32.9 Å². The van der Waals surface area contributed by atoms with Crippen LogP contribution in [0.15, 0.2) is 18.2 Å². The molecule has 0 saturated carbocycles. The fourth-order valence-electron chi connectivity index (χ4n) is 2.16. The average molecular weight is 284 g/mol. The Kier molecular flexibility index (Phi) is 6.58. The number of halogens is 2. The third-order valence-electron chi connectivity index (χ3n) is 3.34. The monoisotopic (exact) mass is 284 g/mol. The number of amides is 1. The minimum atomic E-state index is -0.569. The molecule has 0 heterocycles. The standard InChI is InChI=1S/C15H22F2N2O/c1-4-19(5-2)14(20)9-10-18-11(3)15-12(16)7-6-8-13(15)17/h6-8,11,18H,4-5,9-10H2,1-3H3. The molecule has 0 aromatic heterocycles. The van der Waals surface area contributed by atoms with Crippen LogP contribution in [0.5, 0.6) is 0 Å². The van der Waals surface area contributed by atoms with Crippen LogP contribution < -0.4 is 5.32 Å². The molecule has 0 fully saturated rings. The number of hydrogen-bond donors (Lipinski definition) is 1. The maximum absolute atomic E-state index is 13.6. The number of nitrogens with one attached hydrogen (secondary N) is 1. The van der Waals surface area contributed by atoms with E-state index in [1.165, 1.54) is 18.2 Å². The molecule has 1 rings (SSSR count). The highest BCUT2D eigenvalue weighted by Crippen LogP contribution is 2.20. The predicted molar refractivity (Wildman–Crippen MR) is 75.3 cm³/mol. The lowest BCUT2D eigenvalue weighted by Crippen LogP contribution is -2.33. The van der Waals surface area contributed by atoms with Crippen molar-refractivity contribution in [2.45, 2.75) is 33.2 Å². The molecule has 112 valence electrons. The summed E-state index contributed by atoms with van der Waals surface area (Å²) in [6.07, 6.45) is 0.322. The zero-order chi connectivity index (χ0) is 15.1. The van der Waals surface area contributed by atoms with E-state index < -0.39 is 17.7 Å². The Morgan fingerprint density at radius 3 is 2.30 bits per heavy atom. The number of nitrogens with zero attached hydrogens (tertiary/aromatic N) is 1. The fourth-order valence-corrected chi connectivity index (χ4v) is 2.16. The molecule has 1 aromatic carbocycles. The van der Waals surface area contributed by atoms with Crippen LogP contribution in [0.4, 0.5) is 8.78 Å². The van der Waals surface area contributed by atoms with Crippen LogP contribution in [-0.2, 0) is 4.79 Å². The van der Waals surface area contributed by atoms with Crippen molar-refractivity contribution in [1.82, 2.24) is 10.2 Å². The van der Waals surface area contributed by atoms with Gasteiger partial charge in [-0.3, -0.25) is 4.79 Å². The topological polar surface area (TPSA) is 32.3 Å². The number of carbonyl (C=O) groups excluding carboxylic acids is 1. The summed E-state index contributed by atoms with van der Waals surface area (Å²) in [5.41, 5.74) is 0.0165. The minimum Gasteiger partial charge on any atom is -0.343 e. The molecule has 0 aliphatic rings. The first-order valence-electron chi connectivity index (χ1n) is 6.96. The van der Waals surface area contributed by atoms with Crippen molar-refractivity contribution in [3.8, 4) is 0 Å². The Hall–Kier alpha value is -1.49. The second kappa shape index (κ2) is 7.94. The van der Waals surface area contributed by atoms with Crippen LogP contribution in [0.1, 0.15) is 38.8 Å². The third kappa shape index (κ3) is 4.27. The maximum atomic E-state index is 13.6. The summed E-state index contributed by atoms with van der Waals surface area (Å²) in [5, 5.41) is 2.99. The second-order valence-electron chi connectivity index (χ2n) is 4.63. The van der Waals surface area contributed by atoms with E-state index in [0.717, 1.165) is 0 Å². The zero-order valence-electron chi connectivity index (χ0n) is 12.2. The van der Waals surface area contributed by atoms with Gasteiger partial charge in [-0.15, -0.1) is 0 Å². The van der Waals surface area contributed by atoms with Crippen LogP contribution in [0.25, 0.3) is 0 Å². The Labute approximate surface area is 119 Å². The summed E-state index contributed by atoms with van der Waals surface area (Å²) in [6, 6.07) is 3.33. The summed E-state index contributed by atoms with van der Waals surface area (Å²) < 4.78 is 27.1. The van der Waals surface area contributed by atoms with E-state index in [9.17, 15) is 13.6 Å². The quantitative estimate of drug-likeness (QED) is 0.835. The van der Waals surface area contributed by atoms with Crippen LogP contribution in [0.3, 0.4) is 0 Å². The van der Waals surface area contributed by atoms with E-state index in [-0.39, 0.29) is 11.5 Å². The summed E-state index contributed by atoms with van der Waals surface area (Å²) >= 11 is 0. The molecule has 20 heavy (non-hydrogen) atoms.